The topological polar surface area (TPSA) is 64.9 Å². The van der Waals surface area contributed by atoms with Gasteiger partial charge in [0.25, 0.3) is 0 Å². The van der Waals surface area contributed by atoms with E-state index in [1.165, 1.54) is 6.20 Å². The minimum atomic E-state index is -1.47. The van der Waals surface area contributed by atoms with Crippen molar-refractivity contribution in [3.8, 4) is 0 Å². The molecule has 4 N–H and O–H groups in total. The van der Waals surface area contributed by atoms with E-state index in [0.29, 0.717) is 23.4 Å². The summed E-state index contributed by atoms with van der Waals surface area (Å²) in [5.41, 5.74) is 10.4. The molecule has 0 saturated heterocycles. The lowest BCUT2D eigenvalue weighted by molar-refractivity contribution is 0.0953. The molecule has 0 amide bonds. The van der Waals surface area contributed by atoms with Crippen LogP contribution in [-0.4, -0.2) is 11.0 Å². The Morgan fingerprint density at radius 2 is 2.31 bits per heavy atom. The molecule has 2 rings (SSSR count). The Bertz CT molecular complexity index is 399. The van der Waals surface area contributed by atoms with E-state index in [1.807, 2.05) is 0 Å². The summed E-state index contributed by atoms with van der Waals surface area (Å²) in [4.78, 5) is 3.89. The smallest absolute Gasteiger partial charge is 0.141 e. The number of aromatic nitrogens is 1. The van der Waals surface area contributed by atoms with Crippen LogP contribution in [0.1, 0.15) is 31.2 Å². The fourth-order valence-corrected chi connectivity index (χ4v) is 2.48. The Hall–Kier alpha value is -0.870. The van der Waals surface area contributed by atoms with Gasteiger partial charge in [0.05, 0.1) is 5.02 Å². The Morgan fingerprint density at radius 3 is 3.00 bits per heavy atom. The molecule has 2 atom stereocenters. The monoisotopic (exact) mass is 243 g/mol. The molecule has 1 aromatic heterocycles. The summed E-state index contributed by atoms with van der Waals surface area (Å²) in [5.74, 6) is 0.209. The zero-order chi connectivity index (χ0) is 11.8. The minimum Gasteiger partial charge on any atom is -0.383 e. The maximum Gasteiger partial charge on any atom is 0.141 e. The molecule has 1 aromatic rings. The summed E-state index contributed by atoms with van der Waals surface area (Å²) >= 11 is 5.82. The fourth-order valence-electron chi connectivity index (χ4n) is 2.32. The molecule has 88 valence electrons. The standard InChI is InChI=1S/C11H15ClFN3/c12-7-4-9(10(15)16-6-7)11(13)3-1-2-8(14)5-11/h4,6,8H,1-3,5,14H2,(H2,15,16). The molecule has 1 aliphatic carbocycles. The lowest BCUT2D eigenvalue weighted by Crippen LogP contribution is -2.36. The summed E-state index contributed by atoms with van der Waals surface area (Å²) in [7, 11) is 0. The molecule has 3 nitrogen and oxygen atoms in total. The van der Waals surface area contributed by atoms with E-state index in [2.05, 4.69) is 4.98 Å². The number of rotatable bonds is 1. The van der Waals surface area contributed by atoms with Gasteiger partial charge in [-0.25, -0.2) is 9.37 Å². The van der Waals surface area contributed by atoms with E-state index in [9.17, 15) is 4.39 Å². The molecule has 0 spiro atoms. The zero-order valence-corrected chi connectivity index (χ0v) is 9.67. The predicted octanol–water partition coefficient (Wildman–Crippen LogP) is 2.38. The van der Waals surface area contributed by atoms with Crippen LogP contribution in [0, 0.1) is 0 Å². The second-order valence-corrected chi connectivity index (χ2v) is 4.84. The maximum atomic E-state index is 14.7. The number of alkyl halides is 1. The van der Waals surface area contributed by atoms with Crippen LogP contribution in [0.4, 0.5) is 10.2 Å². The summed E-state index contributed by atoms with van der Waals surface area (Å²) < 4.78 is 14.7. The number of nitrogens with zero attached hydrogens (tertiary/aromatic N) is 1. The molecule has 1 fully saturated rings. The molecule has 1 heterocycles. The molecule has 1 saturated carbocycles. The maximum absolute atomic E-state index is 14.7. The number of nitrogens with two attached hydrogens (primary N) is 2. The Kier molecular flexibility index (Phi) is 3.04. The highest BCUT2D eigenvalue weighted by Crippen LogP contribution is 2.42. The second-order valence-electron chi connectivity index (χ2n) is 4.41. The van der Waals surface area contributed by atoms with Crippen molar-refractivity contribution in [2.45, 2.75) is 37.4 Å². The first-order valence-electron chi connectivity index (χ1n) is 5.37. The van der Waals surface area contributed by atoms with Crippen LogP contribution in [0.25, 0.3) is 0 Å². The molecule has 0 aromatic carbocycles. The van der Waals surface area contributed by atoms with Gasteiger partial charge in [-0.15, -0.1) is 0 Å². The third kappa shape index (κ3) is 2.13. The van der Waals surface area contributed by atoms with Gasteiger partial charge in [-0.1, -0.05) is 11.6 Å². The summed E-state index contributed by atoms with van der Waals surface area (Å²) in [5, 5.41) is 0.403. The van der Waals surface area contributed by atoms with E-state index in [4.69, 9.17) is 23.1 Å². The van der Waals surface area contributed by atoms with Crippen LogP contribution in [0.2, 0.25) is 5.02 Å². The number of pyridine rings is 1. The average Bonchev–Trinajstić information content (AvgIpc) is 2.21. The summed E-state index contributed by atoms with van der Waals surface area (Å²) in [6.07, 6.45) is 3.78. The quantitative estimate of drug-likeness (QED) is 0.796. The van der Waals surface area contributed by atoms with Crippen LogP contribution < -0.4 is 11.5 Å². The molecule has 0 radical (unpaired) electrons. The van der Waals surface area contributed by atoms with E-state index in [-0.39, 0.29) is 11.9 Å². The van der Waals surface area contributed by atoms with Gasteiger partial charge in [-0.3, -0.25) is 0 Å². The van der Waals surface area contributed by atoms with Gasteiger partial charge in [0.1, 0.15) is 11.5 Å². The lowest BCUT2D eigenvalue weighted by Gasteiger charge is -2.33. The Morgan fingerprint density at radius 1 is 1.56 bits per heavy atom. The van der Waals surface area contributed by atoms with Gasteiger partial charge in [-0.05, 0) is 25.3 Å². The number of hydrogen-bond acceptors (Lipinski definition) is 3. The van der Waals surface area contributed by atoms with Crippen LogP contribution in [0.3, 0.4) is 0 Å². The first-order valence-corrected chi connectivity index (χ1v) is 5.75. The van der Waals surface area contributed by atoms with Crippen molar-refractivity contribution in [1.29, 1.82) is 0 Å². The van der Waals surface area contributed by atoms with Crippen molar-refractivity contribution in [3.05, 3.63) is 22.8 Å². The van der Waals surface area contributed by atoms with Crippen molar-refractivity contribution in [1.82, 2.24) is 4.98 Å². The minimum absolute atomic E-state index is 0.114. The summed E-state index contributed by atoms with van der Waals surface area (Å²) in [6, 6.07) is 1.44. The molecular formula is C11H15ClFN3. The molecule has 1 aliphatic rings. The Labute approximate surface area is 99.0 Å². The molecule has 0 aliphatic heterocycles. The van der Waals surface area contributed by atoms with Crippen molar-refractivity contribution in [3.63, 3.8) is 0 Å². The third-order valence-electron chi connectivity index (χ3n) is 3.10. The van der Waals surface area contributed by atoms with Crippen molar-refractivity contribution >= 4 is 17.4 Å². The van der Waals surface area contributed by atoms with Gasteiger partial charge < -0.3 is 11.5 Å². The number of halogens is 2. The van der Waals surface area contributed by atoms with E-state index in [0.717, 1.165) is 12.8 Å². The highest BCUT2D eigenvalue weighted by atomic mass is 35.5. The van der Waals surface area contributed by atoms with Gasteiger partial charge in [0.15, 0.2) is 0 Å². The Balaban J connectivity index is 2.37. The van der Waals surface area contributed by atoms with Gasteiger partial charge in [-0.2, -0.15) is 0 Å². The lowest BCUT2D eigenvalue weighted by atomic mass is 9.79. The van der Waals surface area contributed by atoms with Crippen molar-refractivity contribution in [2.24, 2.45) is 5.73 Å². The number of nitrogen functional groups attached to an aromatic ring is 1. The first kappa shape index (κ1) is 11.6. The fraction of sp³-hybridized carbons (Fsp3) is 0.545. The van der Waals surface area contributed by atoms with Gasteiger partial charge in [0, 0.05) is 24.2 Å². The third-order valence-corrected chi connectivity index (χ3v) is 3.31. The van der Waals surface area contributed by atoms with Crippen LogP contribution >= 0.6 is 11.6 Å². The second kappa shape index (κ2) is 4.18. The first-order chi connectivity index (χ1) is 7.51. The molecule has 16 heavy (non-hydrogen) atoms. The van der Waals surface area contributed by atoms with Crippen LogP contribution in [0.5, 0.6) is 0 Å². The largest absolute Gasteiger partial charge is 0.383 e. The highest BCUT2D eigenvalue weighted by molar-refractivity contribution is 6.30. The molecular weight excluding hydrogens is 229 g/mol. The van der Waals surface area contributed by atoms with Crippen molar-refractivity contribution < 1.29 is 4.39 Å². The van der Waals surface area contributed by atoms with Crippen LogP contribution in [0.15, 0.2) is 12.3 Å². The number of anilines is 1. The summed E-state index contributed by atoms with van der Waals surface area (Å²) in [6.45, 7) is 0. The van der Waals surface area contributed by atoms with E-state index >= 15 is 0 Å². The highest BCUT2D eigenvalue weighted by Gasteiger charge is 2.38. The normalized spacial score (nSPS) is 30.3. The predicted molar refractivity (Wildman–Crippen MR) is 62.9 cm³/mol. The average molecular weight is 244 g/mol. The zero-order valence-electron chi connectivity index (χ0n) is 8.92. The SMILES string of the molecule is Nc1ncc(Cl)cc1C1(F)CCCC(N)C1. The van der Waals surface area contributed by atoms with Gasteiger partial charge >= 0.3 is 0 Å². The molecule has 2 unspecified atom stereocenters. The number of hydrogen-bond donors (Lipinski definition) is 2. The van der Waals surface area contributed by atoms with E-state index < -0.39 is 5.67 Å². The molecule has 5 heteroatoms. The van der Waals surface area contributed by atoms with Crippen molar-refractivity contribution in [2.75, 3.05) is 5.73 Å². The molecule has 0 bridgehead atoms. The van der Waals surface area contributed by atoms with E-state index in [1.54, 1.807) is 6.07 Å². The van der Waals surface area contributed by atoms with Gasteiger partial charge in [0.2, 0.25) is 0 Å². The van der Waals surface area contributed by atoms with Crippen LogP contribution in [-0.2, 0) is 5.67 Å².